The largest absolute Gasteiger partial charge is 0.497 e. The highest BCUT2D eigenvalue weighted by molar-refractivity contribution is 5.97. The molecule has 4 rings (SSSR count). The van der Waals surface area contributed by atoms with Crippen molar-refractivity contribution < 1.29 is 23.8 Å². The number of hydrogen-bond acceptors (Lipinski definition) is 6. The van der Waals surface area contributed by atoms with Crippen molar-refractivity contribution in [2.24, 2.45) is 5.92 Å². The second kappa shape index (κ2) is 9.15. The number of rotatable bonds is 6. The van der Waals surface area contributed by atoms with Gasteiger partial charge in [-0.1, -0.05) is 12.1 Å². The standard InChI is InChI=1S/C24H26FN3O4/c1-31-18-4-2-16(3-5-18)14-28-22(29)9-6-19-21(8-7-20(25)23(19)28)32-15-24(30)10-11-27-13-17(24)12-26/h2-5,7-8,17,27,30H,6,9-11,13-15H2,1H3. The number of methoxy groups -OCH3 is 1. The number of halogens is 1. The lowest BCUT2D eigenvalue weighted by Crippen LogP contribution is -2.53. The van der Waals surface area contributed by atoms with E-state index in [0.717, 1.165) is 5.56 Å². The molecule has 2 aromatic carbocycles. The number of benzene rings is 2. The van der Waals surface area contributed by atoms with Gasteiger partial charge >= 0.3 is 0 Å². The molecule has 0 bridgehead atoms. The molecule has 8 heteroatoms. The van der Waals surface area contributed by atoms with E-state index >= 15 is 0 Å². The van der Waals surface area contributed by atoms with Gasteiger partial charge in [-0.05, 0) is 49.2 Å². The van der Waals surface area contributed by atoms with Crippen molar-refractivity contribution in [3.63, 3.8) is 0 Å². The zero-order valence-electron chi connectivity index (χ0n) is 17.9. The Balaban J connectivity index is 1.59. The number of nitrogens with one attached hydrogen (secondary N) is 1. The molecule has 0 radical (unpaired) electrons. The maximum Gasteiger partial charge on any atom is 0.227 e. The Morgan fingerprint density at radius 1 is 1.28 bits per heavy atom. The third-order valence-electron chi connectivity index (χ3n) is 6.22. The Kier molecular flexibility index (Phi) is 6.31. The summed E-state index contributed by atoms with van der Waals surface area (Å²) in [6.45, 7) is 1.13. The Morgan fingerprint density at radius 3 is 2.78 bits per heavy atom. The summed E-state index contributed by atoms with van der Waals surface area (Å²) in [5.41, 5.74) is 0.376. The van der Waals surface area contributed by atoms with E-state index in [9.17, 15) is 19.6 Å². The number of aliphatic hydroxyl groups is 1. The van der Waals surface area contributed by atoms with Gasteiger partial charge in [-0.3, -0.25) is 4.79 Å². The maximum atomic E-state index is 14.9. The summed E-state index contributed by atoms with van der Waals surface area (Å²) in [5, 5.41) is 23.4. The van der Waals surface area contributed by atoms with E-state index in [1.54, 1.807) is 19.2 Å². The van der Waals surface area contributed by atoms with Crippen LogP contribution in [0.4, 0.5) is 10.1 Å². The van der Waals surface area contributed by atoms with Crippen LogP contribution in [0.5, 0.6) is 11.5 Å². The molecule has 0 spiro atoms. The Hall–Kier alpha value is -3.15. The quantitative estimate of drug-likeness (QED) is 0.719. The van der Waals surface area contributed by atoms with Gasteiger partial charge in [0.1, 0.15) is 29.5 Å². The Bertz CT molecular complexity index is 1040. The lowest BCUT2D eigenvalue weighted by atomic mass is 9.83. The normalized spacial score (nSPS) is 22.8. The summed E-state index contributed by atoms with van der Waals surface area (Å²) in [6.07, 6.45) is 0.969. The van der Waals surface area contributed by atoms with Crippen molar-refractivity contribution in [2.75, 3.05) is 31.7 Å². The van der Waals surface area contributed by atoms with Crippen molar-refractivity contribution in [2.45, 2.75) is 31.4 Å². The average Bonchev–Trinajstić information content (AvgIpc) is 2.81. The van der Waals surface area contributed by atoms with Crippen molar-refractivity contribution >= 4 is 11.6 Å². The van der Waals surface area contributed by atoms with E-state index < -0.39 is 17.3 Å². The lowest BCUT2D eigenvalue weighted by Gasteiger charge is -2.37. The number of fused-ring (bicyclic) bond motifs is 1. The first-order valence-electron chi connectivity index (χ1n) is 10.7. The second-order valence-corrected chi connectivity index (χ2v) is 8.23. The van der Waals surface area contributed by atoms with Gasteiger partial charge < -0.3 is 24.8 Å². The van der Waals surface area contributed by atoms with Gasteiger partial charge in [-0.15, -0.1) is 0 Å². The molecule has 1 amide bonds. The van der Waals surface area contributed by atoms with Crippen LogP contribution < -0.4 is 19.7 Å². The Morgan fingerprint density at radius 2 is 2.06 bits per heavy atom. The monoisotopic (exact) mass is 439 g/mol. The molecule has 168 valence electrons. The summed E-state index contributed by atoms with van der Waals surface area (Å²) < 4.78 is 26.0. The fourth-order valence-corrected chi connectivity index (χ4v) is 4.29. The van der Waals surface area contributed by atoms with E-state index in [4.69, 9.17) is 9.47 Å². The number of piperidine rings is 1. The smallest absolute Gasteiger partial charge is 0.227 e. The summed E-state index contributed by atoms with van der Waals surface area (Å²) in [6, 6.07) is 12.2. The van der Waals surface area contributed by atoms with Gasteiger partial charge in [-0.25, -0.2) is 4.39 Å². The van der Waals surface area contributed by atoms with Crippen molar-refractivity contribution in [1.82, 2.24) is 5.32 Å². The van der Waals surface area contributed by atoms with Crippen LogP contribution in [-0.4, -0.2) is 43.4 Å². The molecule has 2 unspecified atom stereocenters. The molecule has 0 aliphatic carbocycles. The number of anilines is 1. The van der Waals surface area contributed by atoms with Crippen LogP contribution in [0.3, 0.4) is 0 Å². The van der Waals surface area contributed by atoms with Crippen molar-refractivity contribution in [3.8, 4) is 17.6 Å². The molecule has 2 atom stereocenters. The molecule has 0 aromatic heterocycles. The van der Waals surface area contributed by atoms with E-state index in [-0.39, 0.29) is 31.2 Å². The molecule has 2 aliphatic rings. The highest BCUT2D eigenvalue weighted by atomic mass is 19.1. The number of ether oxygens (including phenoxy) is 2. The second-order valence-electron chi connectivity index (χ2n) is 8.23. The first-order chi connectivity index (χ1) is 15.4. The van der Waals surface area contributed by atoms with Gasteiger partial charge in [0, 0.05) is 18.5 Å². The van der Waals surface area contributed by atoms with E-state index in [0.29, 0.717) is 43.0 Å². The van der Waals surface area contributed by atoms with Crippen LogP contribution in [-0.2, 0) is 17.8 Å². The zero-order chi connectivity index (χ0) is 22.7. The van der Waals surface area contributed by atoms with Gasteiger partial charge in [0.2, 0.25) is 5.91 Å². The molecular formula is C24H26FN3O4. The number of carbonyl (C=O) groups is 1. The first-order valence-corrected chi connectivity index (χ1v) is 10.7. The molecule has 0 saturated carbocycles. The van der Waals surface area contributed by atoms with E-state index in [1.165, 1.54) is 17.0 Å². The van der Waals surface area contributed by atoms with Gasteiger partial charge in [0.25, 0.3) is 0 Å². The molecular weight excluding hydrogens is 413 g/mol. The number of amides is 1. The molecule has 2 aliphatic heterocycles. The fraction of sp³-hybridized carbons (Fsp3) is 0.417. The predicted molar refractivity (Wildman–Crippen MR) is 116 cm³/mol. The number of nitriles is 1. The van der Waals surface area contributed by atoms with Crippen molar-refractivity contribution in [1.29, 1.82) is 5.26 Å². The van der Waals surface area contributed by atoms with Crippen LogP contribution in [0.25, 0.3) is 0 Å². The minimum atomic E-state index is -1.28. The average molecular weight is 439 g/mol. The van der Waals surface area contributed by atoms with Gasteiger partial charge in [-0.2, -0.15) is 5.26 Å². The van der Waals surface area contributed by atoms with Crippen LogP contribution in [0.15, 0.2) is 36.4 Å². The highest BCUT2D eigenvalue weighted by Crippen LogP contribution is 2.39. The molecule has 2 heterocycles. The number of carbonyl (C=O) groups excluding carboxylic acids is 1. The Labute approximate surface area is 186 Å². The molecule has 1 fully saturated rings. The fourth-order valence-electron chi connectivity index (χ4n) is 4.29. The van der Waals surface area contributed by atoms with Gasteiger partial charge in [0.15, 0.2) is 0 Å². The molecule has 32 heavy (non-hydrogen) atoms. The SMILES string of the molecule is COc1ccc(CN2C(=O)CCc3c(OCC4(O)CCNCC4C#N)ccc(F)c32)cc1. The van der Waals surface area contributed by atoms with E-state index in [2.05, 4.69) is 11.4 Å². The molecule has 2 N–H and O–H groups in total. The minimum Gasteiger partial charge on any atom is -0.497 e. The van der Waals surface area contributed by atoms with Crippen LogP contribution >= 0.6 is 0 Å². The third-order valence-corrected chi connectivity index (χ3v) is 6.22. The third kappa shape index (κ3) is 4.27. The minimum absolute atomic E-state index is 0.0720. The first kappa shape index (κ1) is 22.1. The topological polar surface area (TPSA) is 94.8 Å². The number of nitrogens with zero attached hydrogens (tertiary/aromatic N) is 2. The van der Waals surface area contributed by atoms with Crippen molar-refractivity contribution in [3.05, 3.63) is 53.3 Å². The highest BCUT2D eigenvalue weighted by Gasteiger charge is 2.40. The number of hydrogen-bond donors (Lipinski definition) is 2. The van der Waals surface area contributed by atoms with Crippen LogP contribution in [0.1, 0.15) is 24.0 Å². The zero-order valence-corrected chi connectivity index (χ0v) is 17.9. The summed E-state index contributed by atoms with van der Waals surface area (Å²) in [4.78, 5) is 14.1. The summed E-state index contributed by atoms with van der Waals surface area (Å²) >= 11 is 0. The van der Waals surface area contributed by atoms with Gasteiger partial charge in [0.05, 0.1) is 31.3 Å². The predicted octanol–water partition coefficient (Wildman–Crippen LogP) is 2.56. The van der Waals surface area contributed by atoms with Crippen LogP contribution in [0, 0.1) is 23.1 Å². The van der Waals surface area contributed by atoms with Crippen LogP contribution in [0.2, 0.25) is 0 Å². The molecule has 7 nitrogen and oxygen atoms in total. The molecule has 1 saturated heterocycles. The van der Waals surface area contributed by atoms with E-state index in [1.807, 2.05) is 12.1 Å². The lowest BCUT2D eigenvalue weighted by molar-refractivity contribution is -0.119. The molecule has 2 aromatic rings. The summed E-state index contributed by atoms with van der Waals surface area (Å²) in [5.74, 6) is -0.124. The summed E-state index contributed by atoms with van der Waals surface area (Å²) in [7, 11) is 1.58. The maximum absolute atomic E-state index is 14.9.